The van der Waals surface area contributed by atoms with Gasteiger partial charge in [-0.15, -0.1) is 0 Å². The van der Waals surface area contributed by atoms with E-state index in [1.54, 1.807) is 47.5 Å². The van der Waals surface area contributed by atoms with Crippen LogP contribution in [0, 0.1) is 0 Å². The van der Waals surface area contributed by atoms with E-state index in [2.05, 4.69) is 10.7 Å². The maximum atomic E-state index is 12.6. The lowest BCUT2D eigenvalue weighted by molar-refractivity contribution is -0.130. The number of carbonyl (C=O) groups excluding carboxylic acids is 3. The standard InChI is InChI=1S/C21H23N3O5/c25-14-18(21(28)23-24-9-11-29-12-10-24)22-20(27)17-8-4-7-16(13-17)19(26)15-5-2-1-3-6-15/h1-8,13,18,25H,9-12,14H2,(H,22,27)(H,23,28)/t18-/m0/s1. The van der Waals surface area contributed by atoms with Crippen LogP contribution in [0.15, 0.2) is 54.6 Å². The largest absolute Gasteiger partial charge is 0.394 e. The molecule has 1 fully saturated rings. The van der Waals surface area contributed by atoms with Gasteiger partial charge in [0.05, 0.1) is 19.8 Å². The fraction of sp³-hybridized carbons (Fsp3) is 0.286. The highest BCUT2D eigenvalue weighted by Crippen LogP contribution is 2.12. The highest BCUT2D eigenvalue weighted by atomic mass is 16.5. The third-order valence-electron chi connectivity index (χ3n) is 4.51. The predicted octanol–water partition coefficient (Wildman–Crippen LogP) is 0.372. The van der Waals surface area contributed by atoms with Gasteiger partial charge in [0, 0.05) is 29.8 Å². The summed E-state index contributed by atoms with van der Waals surface area (Å²) in [5.74, 6) is -1.27. The number of amides is 2. The first-order chi connectivity index (χ1) is 14.1. The second-order valence-electron chi connectivity index (χ2n) is 6.56. The van der Waals surface area contributed by atoms with Crippen LogP contribution in [-0.4, -0.2) is 66.7 Å². The van der Waals surface area contributed by atoms with Crippen LogP contribution in [0.5, 0.6) is 0 Å². The Morgan fingerprint density at radius 3 is 2.31 bits per heavy atom. The lowest BCUT2D eigenvalue weighted by Gasteiger charge is -2.28. The maximum absolute atomic E-state index is 12.6. The van der Waals surface area contributed by atoms with Crippen LogP contribution in [0.25, 0.3) is 0 Å². The normalized spacial score (nSPS) is 15.3. The van der Waals surface area contributed by atoms with Gasteiger partial charge in [0.1, 0.15) is 6.04 Å². The monoisotopic (exact) mass is 397 g/mol. The average Bonchev–Trinajstić information content (AvgIpc) is 2.78. The Hall–Kier alpha value is -3.07. The Morgan fingerprint density at radius 2 is 1.62 bits per heavy atom. The van der Waals surface area contributed by atoms with E-state index in [1.165, 1.54) is 6.07 Å². The van der Waals surface area contributed by atoms with E-state index in [4.69, 9.17) is 4.74 Å². The molecule has 2 aromatic carbocycles. The van der Waals surface area contributed by atoms with Gasteiger partial charge in [-0.1, -0.05) is 42.5 Å². The summed E-state index contributed by atoms with van der Waals surface area (Å²) in [7, 11) is 0. The van der Waals surface area contributed by atoms with E-state index in [-0.39, 0.29) is 11.3 Å². The van der Waals surface area contributed by atoms with Gasteiger partial charge in [0.15, 0.2) is 5.78 Å². The molecule has 2 aromatic rings. The van der Waals surface area contributed by atoms with Gasteiger partial charge in [-0.05, 0) is 12.1 Å². The smallest absolute Gasteiger partial charge is 0.259 e. The Labute approximate surface area is 168 Å². The molecular formula is C21H23N3O5. The molecule has 0 aliphatic carbocycles. The fourth-order valence-corrected chi connectivity index (χ4v) is 2.90. The number of aliphatic hydroxyl groups excluding tert-OH is 1. The average molecular weight is 397 g/mol. The summed E-state index contributed by atoms with van der Waals surface area (Å²) in [6, 6.07) is 13.9. The van der Waals surface area contributed by atoms with Crippen molar-refractivity contribution in [2.75, 3.05) is 32.9 Å². The molecule has 0 bridgehead atoms. The van der Waals surface area contributed by atoms with E-state index >= 15 is 0 Å². The quantitative estimate of drug-likeness (QED) is 0.583. The summed E-state index contributed by atoms with van der Waals surface area (Å²) in [6.07, 6.45) is 0. The first-order valence-electron chi connectivity index (χ1n) is 9.33. The van der Waals surface area contributed by atoms with Crippen molar-refractivity contribution in [2.24, 2.45) is 0 Å². The number of nitrogens with zero attached hydrogens (tertiary/aromatic N) is 1. The summed E-state index contributed by atoms with van der Waals surface area (Å²) < 4.78 is 5.21. The molecular weight excluding hydrogens is 374 g/mol. The zero-order valence-corrected chi connectivity index (χ0v) is 15.8. The number of hydrogen-bond acceptors (Lipinski definition) is 6. The van der Waals surface area contributed by atoms with Crippen LogP contribution in [0.1, 0.15) is 26.3 Å². The molecule has 1 aliphatic rings. The number of rotatable bonds is 7. The highest BCUT2D eigenvalue weighted by Gasteiger charge is 2.23. The zero-order valence-electron chi connectivity index (χ0n) is 15.8. The third kappa shape index (κ3) is 5.47. The number of nitrogens with one attached hydrogen (secondary N) is 2. The van der Waals surface area contributed by atoms with Gasteiger partial charge in [-0.25, -0.2) is 5.01 Å². The summed E-state index contributed by atoms with van der Waals surface area (Å²) in [6.45, 7) is 1.50. The predicted molar refractivity (Wildman–Crippen MR) is 105 cm³/mol. The third-order valence-corrected chi connectivity index (χ3v) is 4.51. The van der Waals surface area contributed by atoms with Crippen LogP contribution in [-0.2, 0) is 9.53 Å². The number of ketones is 1. The number of benzene rings is 2. The lowest BCUT2D eigenvalue weighted by atomic mass is 10.0. The molecule has 8 nitrogen and oxygen atoms in total. The van der Waals surface area contributed by atoms with E-state index < -0.39 is 24.5 Å². The van der Waals surface area contributed by atoms with E-state index in [9.17, 15) is 19.5 Å². The Kier molecular flexibility index (Phi) is 7.07. The fourth-order valence-electron chi connectivity index (χ4n) is 2.90. The van der Waals surface area contributed by atoms with Gasteiger partial charge >= 0.3 is 0 Å². The minimum Gasteiger partial charge on any atom is -0.394 e. The summed E-state index contributed by atoms with van der Waals surface area (Å²) in [5.41, 5.74) is 3.77. The van der Waals surface area contributed by atoms with Gasteiger partial charge in [0.2, 0.25) is 0 Å². The molecule has 1 heterocycles. The number of hydrogen-bond donors (Lipinski definition) is 3. The van der Waals surface area contributed by atoms with E-state index in [1.807, 2.05) is 6.07 Å². The Balaban J connectivity index is 1.66. The van der Waals surface area contributed by atoms with Gasteiger partial charge in [-0.3, -0.25) is 19.8 Å². The van der Waals surface area contributed by atoms with Crippen molar-refractivity contribution in [1.29, 1.82) is 0 Å². The summed E-state index contributed by atoms with van der Waals surface area (Å²) in [4.78, 5) is 37.5. The number of ether oxygens (including phenoxy) is 1. The van der Waals surface area contributed by atoms with E-state index in [0.717, 1.165) is 0 Å². The molecule has 0 radical (unpaired) electrons. The topological polar surface area (TPSA) is 108 Å². The Bertz CT molecular complexity index is 866. The minimum absolute atomic E-state index is 0.205. The molecule has 3 rings (SSSR count). The first kappa shape index (κ1) is 20.7. The van der Waals surface area contributed by atoms with Crippen LogP contribution < -0.4 is 10.7 Å². The van der Waals surface area contributed by atoms with Crippen molar-refractivity contribution >= 4 is 17.6 Å². The van der Waals surface area contributed by atoms with Gasteiger partial charge in [-0.2, -0.15) is 0 Å². The molecule has 1 saturated heterocycles. The van der Waals surface area contributed by atoms with Crippen molar-refractivity contribution in [2.45, 2.75) is 6.04 Å². The second-order valence-corrected chi connectivity index (χ2v) is 6.56. The molecule has 29 heavy (non-hydrogen) atoms. The lowest BCUT2D eigenvalue weighted by Crippen LogP contribution is -2.56. The van der Waals surface area contributed by atoms with Crippen LogP contribution >= 0.6 is 0 Å². The molecule has 0 saturated carbocycles. The highest BCUT2D eigenvalue weighted by molar-refractivity contribution is 6.10. The molecule has 0 aromatic heterocycles. The number of hydrazine groups is 1. The summed E-state index contributed by atoms with van der Waals surface area (Å²) >= 11 is 0. The SMILES string of the molecule is O=C(N[C@@H](CO)C(=O)NN1CCOCC1)c1cccc(C(=O)c2ccccc2)c1. The first-order valence-corrected chi connectivity index (χ1v) is 9.33. The van der Waals surface area contributed by atoms with Crippen LogP contribution in [0.2, 0.25) is 0 Å². The van der Waals surface area contributed by atoms with E-state index in [0.29, 0.717) is 37.4 Å². The summed E-state index contributed by atoms with van der Waals surface area (Å²) in [5, 5.41) is 13.7. The van der Waals surface area contributed by atoms with Crippen molar-refractivity contribution in [3.63, 3.8) is 0 Å². The minimum atomic E-state index is -1.11. The van der Waals surface area contributed by atoms with Crippen LogP contribution in [0.4, 0.5) is 0 Å². The molecule has 1 atom stereocenters. The Morgan fingerprint density at radius 1 is 0.966 bits per heavy atom. The van der Waals surface area contributed by atoms with Crippen molar-refractivity contribution < 1.29 is 24.2 Å². The van der Waals surface area contributed by atoms with Gasteiger partial charge < -0.3 is 15.2 Å². The maximum Gasteiger partial charge on any atom is 0.259 e. The molecule has 152 valence electrons. The molecule has 1 aliphatic heterocycles. The molecule has 3 N–H and O–H groups in total. The number of carbonyl (C=O) groups is 3. The zero-order chi connectivity index (χ0) is 20.6. The van der Waals surface area contributed by atoms with Crippen molar-refractivity contribution in [3.8, 4) is 0 Å². The molecule has 8 heteroatoms. The molecule has 2 amide bonds. The van der Waals surface area contributed by atoms with Crippen molar-refractivity contribution in [3.05, 3.63) is 71.3 Å². The number of aliphatic hydroxyl groups is 1. The van der Waals surface area contributed by atoms with Crippen molar-refractivity contribution in [1.82, 2.24) is 15.8 Å². The second kappa shape index (κ2) is 9.92. The molecule has 0 unspecified atom stereocenters. The molecule has 0 spiro atoms. The number of morpholine rings is 1. The van der Waals surface area contributed by atoms with Gasteiger partial charge in [0.25, 0.3) is 11.8 Å². The van der Waals surface area contributed by atoms with Crippen LogP contribution in [0.3, 0.4) is 0 Å².